The number of rotatable bonds is 26. The summed E-state index contributed by atoms with van der Waals surface area (Å²) in [7, 11) is 1.92. The van der Waals surface area contributed by atoms with Crippen molar-refractivity contribution in [3.05, 3.63) is 138 Å². The number of fused-ring (bicyclic) bond motifs is 1. The number of benzene rings is 1. The Morgan fingerprint density at radius 2 is 1.71 bits per heavy atom. The first-order chi connectivity index (χ1) is 29.8. The third-order valence-electron chi connectivity index (χ3n) is 11.8. The number of likely N-dealkylation sites (N-methyl/N-ethyl adjacent to an activating group) is 2. The Bertz CT molecular complexity index is 2020. The quantitative estimate of drug-likeness (QED) is 0.0415. The van der Waals surface area contributed by atoms with Gasteiger partial charge in [-0.1, -0.05) is 104 Å². The van der Waals surface area contributed by atoms with E-state index in [1.807, 2.05) is 33.9 Å². The zero-order valence-corrected chi connectivity index (χ0v) is 39.8. The highest BCUT2D eigenvalue weighted by Gasteiger charge is 2.30. The highest BCUT2D eigenvalue weighted by Crippen LogP contribution is 2.32. The maximum Gasteiger partial charge on any atom is 0.119 e. The first-order valence-electron chi connectivity index (χ1n) is 22.9. The summed E-state index contributed by atoms with van der Waals surface area (Å²) in [6.07, 6.45) is 15.4. The van der Waals surface area contributed by atoms with Gasteiger partial charge in [-0.3, -0.25) is 4.90 Å². The molecule has 0 amide bonds. The number of aromatic nitrogens is 1. The minimum atomic E-state index is -0.211. The van der Waals surface area contributed by atoms with Crippen molar-refractivity contribution in [1.29, 1.82) is 0 Å². The van der Waals surface area contributed by atoms with Gasteiger partial charge in [-0.25, -0.2) is 4.39 Å². The van der Waals surface area contributed by atoms with Crippen LogP contribution in [-0.4, -0.2) is 67.9 Å². The lowest BCUT2D eigenvalue weighted by Gasteiger charge is -2.24. The van der Waals surface area contributed by atoms with Crippen LogP contribution in [0.1, 0.15) is 99.0 Å². The topological polar surface area (TPSA) is 94.3 Å². The van der Waals surface area contributed by atoms with Gasteiger partial charge < -0.3 is 36.9 Å². The van der Waals surface area contributed by atoms with Gasteiger partial charge in [-0.15, -0.1) is 19.7 Å². The van der Waals surface area contributed by atoms with Crippen LogP contribution in [0.25, 0.3) is 23.9 Å². The number of allylic oxidation sites excluding steroid dienone is 6. The minimum Gasteiger partial charge on any atom is -0.390 e. The van der Waals surface area contributed by atoms with Gasteiger partial charge in [0, 0.05) is 102 Å². The van der Waals surface area contributed by atoms with Gasteiger partial charge in [0.1, 0.15) is 5.83 Å². The number of unbranched alkanes of at least 4 members (excludes halogenated alkanes) is 4. The van der Waals surface area contributed by atoms with E-state index < -0.39 is 0 Å². The molecule has 4 rings (SSSR count). The fourth-order valence-corrected chi connectivity index (χ4v) is 8.46. The van der Waals surface area contributed by atoms with Gasteiger partial charge >= 0.3 is 0 Å². The van der Waals surface area contributed by atoms with Crippen molar-refractivity contribution in [2.75, 3.05) is 51.6 Å². The average molecular weight is 851 g/mol. The van der Waals surface area contributed by atoms with Crippen LogP contribution in [0, 0.1) is 5.92 Å². The van der Waals surface area contributed by atoms with Crippen molar-refractivity contribution in [2.45, 2.75) is 111 Å². The Hall–Kier alpha value is -4.99. The number of hydrogen-bond donors (Lipinski definition) is 6. The Labute approximate surface area is 375 Å². The monoisotopic (exact) mass is 851 g/mol. The molecule has 0 radical (unpaired) electrons. The molecule has 0 spiro atoms. The van der Waals surface area contributed by atoms with Crippen molar-refractivity contribution in [3.8, 4) is 0 Å². The molecule has 0 fully saturated rings. The summed E-state index contributed by atoms with van der Waals surface area (Å²) in [5.41, 5.74) is 14.6. The molecule has 62 heavy (non-hydrogen) atoms. The highest BCUT2D eigenvalue weighted by atomic mass is 19.1. The van der Waals surface area contributed by atoms with E-state index in [1.165, 1.54) is 24.8 Å². The molecule has 4 atom stereocenters. The molecule has 8 nitrogen and oxygen atoms in total. The molecule has 7 N–H and O–H groups in total. The maximum atomic E-state index is 14.0. The number of hydrogen-bond acceptors (Lipinski definition) is 7. The number of halogens is 1. The number of nitrogens with two attached hydrogens (primary N) is 1. The molecule has 2 aromatic rings. The van der Waals surface area contributed by atoms with Crippen molar-refractivity contribution >= 4 is 29.6 Å². The van der Waals surface area contributed by atoms with Crippen LogP contribution >= 0.6 is 0 Å². The van der Waals surface area contributed by atoms with Gasteiger partial charge in [0.2, 0.25) is 0 Å². The lowest BCUT2D eigenvalue weighted by molar-refractivity contribution is 0.308. The molecular formula is C53H83FN8. The van der Waals surface area contributed by atoms with Crippen molar-refractivity contribution in [1.82, 2.24) is 30.7 Å². The molecule has 1 aromatic heterocycles. The van der Waals surface area contributed by atoms with Crippen molar-refractivity contribution in [2.24, 2.45) is 11.7 Å². The first kappa shape index (κ1) is 53.1. The predicted octanol–water partition coefficient (Wildman–Crippen LogP) is 9.76. The summed E-state index contributed by atoms with van der Waals surface area (Å²) in [4.78, 5) is 2.40. The minimum absolute atomic E-state index is 0.0629. The van der Waals surface area contributed by atoms with E-state index in [9.17, 15) is 4.39 Å². The highest BCUT2D eigenvalue weighted by molar-refractivity contribution is 5.94. The molecule has 2 heterocycles. The van der Waals surface area contributed by atoms with Crippen LogP contribution in [0.5, 0.6) is 0 Å². The average Bonchev–Trinajstić information content (AvgIpc) is 3.70. The van der Waals surface area contributed by atoms with Crippen LogP contribution in [0.15, 0.2) is 127 Å². The molecule has 4 unspecified atom stereocenters. The second-order valence-corrected chi connectivity index (χ2v) is 16.0. The van der Waals surface area contributed by atoms with Crippen LogP contribution < -0.4 is 43.0 Å². The lowest BCUT2D eigenvalue weighted by atomic mass is 9.89. The molecule has 0 saturated heterocycles. The summed E-state index contributed by atoms with van der Waals surface area (Å²) < 4.78 is 16.2. The molecule has 0 bridgehead atoms. The SMILES string of the molecule is C=C.C=CCCC(C(=C)NC)n1c(=C)c2cccc(NCCCCCCCNC(=C)CN(CC)CCNC(=C)C3=C(C)NC(/C=C(\C)C4=CC(F)=CCC4N)C3C)c2c1=C.CC. The number of nitrogens with zero attached hydrogens (tertiary/aromatic N) is 2. The third kappa shape index (κ3) is 14.8. The summed E-state index contributed by atoms with van der Waals surface area (Å²) in [6, 6.07) is 6.38. The Balaban J connectivity index is 0.00000321. The molecule has 1 aliphatic carbocycles. The smallest absolute Gasteiger partial charge is 0.119 e. The van der Waals surface area contributed by atoms with Gasteiger partial charge in [0.25, 0.3) is 0 Å². The molecular weight excluding hydrogens is 768 g/mol. The molecule has 1 aromatic carbocycles. The molecule has 2 aliphatic rings. The second kappa shape index (κ2) is 27.9. The van der Waals surface area contributed by atoms with Crippen molar-refractivity contribution < 1.29 is 4.39 Å². The number of nitrogens with one attached hydrogen (secondary N) is 5. The van der Waals surface area contributed by atoms with E-state index in [0.29, 0.717) is 6.42 Å². The van der Waals surface area contributed by atoms with Gasteiger partial charge in [-0.05, 0) is 87.4 Å². The first-order valence-corrected chi connectivity index (χ1v) is 22.9. The van der Waals surface area contributed by atoms with Gasteiger partial charge in [-0.2, -0.15) is 0 Å². The normalized spacial score (nSPS) is 17.7. The molecule has 9 heteroatoms. The van der Waals surface area contributed by atoms with Gasteiger partial charge in [0.05, 0.1) is 12.1 Å². The van der Waals surface area contributed by atoms with Gasteiger partial charge in [0.15, 0.2) is 0 Å². The zero-order chi connectivity index (χ0) is 46.4. The number of anilines is 1. The van der Waals surface area contributed by atoms with Crippen LogP contribution in [-0.2, 0) is 0 Å². The fraction of sp³-hybridized carbons (Fsp3) is 0.472. The second-order valence-electron chi connectivity index (χ2n) is 16.0. The Morgan fingerprint density at radius 1 is 1.03 bits per heavy atom. The zero-order valence-electron chi connectivity index (χ0n) is 39.8. The fourth-order valence-electron chi connectivity index (χ4n) is 8.46. The van der Waals surface area contributed by atoms with E-state index in [4.69, 9.17) is 5.73 Å². The van der Waals surface area contributed by atoms with E-state index in [2.05, 4.69) is 134 Å². The van der Waals surface area contributed by atoms with E-state index >= 15 is 0 Å². The van der Waals surface area contributed by atoms with E-state index in [0.717, 1.165) is 126 Å². The summed E-state index contributed by atoms with van der Waals surface area (Å²) in [5.74, 6) is 0.0106. The van der Waals surface area contributed by atoms with Crippen LogP contribution in [0.3, 0.4) is 0 Å². The standard InChI is InChI=1S/C49H73FN8.C2H6.C2H4/c1-12-14-23-47(36(6)52-11)58-39(9)42-21-20-22-45(49(42)40(58)10)55-27-19-17-15-16-18-26-53-34(4)32-57(13-2)29-28-54-37(7)48-35(5)46(56-38(48)8)30-33(3)43-31-41(50)24-25-44(43)51;2*1-2/h12,20-22,24,30-31,35,44,46-47,52-56H,1,4,6-7,9-10,13-19,23,25-29,32,51H2,2-3,5,8,11H3;1-2H3;1-2H2/b33-30+;;. The molecule has 342 valence electrons. The molecule has 0 saturated carbocycles. The Morgan fingerprint density at radius 3 is 2.37 bits per heavy atom. The summed E-state index contributed by atoms with van der Waals surface area (Å²) in [6.45, 7) is 49.7. The predicted molar refractivity (Wildman–Crippen MR) is 272 cm³/mol. The van der Waals surface area contributed by atoms with Crippen LogP contribution in [0.2, 0.25) is 0 Å². The van der Waals surface area contributed by atoms with Crippen LogP contribution in [0.4, 0.5) is 10.1 Å². The largest absolute Gasteiger partial charge is 0.390 e. The maximum absolute atomic E-state index is 14.0. The summed E-state index contributed by atoms with van der Waals surface area (Å²) in [5, 5.41) is 21.9. The Kier molecular flexibility index (Phi) is 23.9. The van der Waals surface area contributed by atoms with E-state index in [1.54, 1.807) is 12.2 Å². The van der Waals surface area contributed by atoms with Crippen molar-refractivity contribution in [3.63, 3.8) is 0 Å². The molecule has 1 aliphatic heterocycles. The lowest BCUT2D eigenvalue weighted by Crippen LogP contribution is -2.36. The van der Waals surface area contributed by atoms with E-state index in [-0.39, 0.29) is 29.9 Å². The third-order valence-corrected chi connectivity index (χ3v) is 11.8. The summed E-state index contributed by atoms with van der Waals surface area (Å²) >= 11 is 0.